The van der Waals surface area contributed by atoms with Crippen molar-refractivity contribution in [3.05, 3.63) is 30.2 Å². The van der Waals surface area contributed by atoms with Crippen molar-refractivity contribution in [2.24, 2.45) is 5.92 Å². The molecule has 9 nitrogen and oxygen atoms in total. The lowest BCUT2D eigenvalue weighted by atomic mass is 10.2. The number of benzene rings is 1. The van der Waals surface area contributed by atoms with Gasteiger partial charge in [-0.3, -0.25) is 9.69 Å². The van der Waals surface area contributed by atoms with E-state index in [2.05, 4.69) is 28.9 Å². The van der Waals surface area contributed by atoms with Crippen LogP contribution in [0.5, 0.6) is 0 Å². The maximum atomic E-state index is 12.7. The highest BCUT2D eigenvalue weighted by Gasteiger charge is 2.26. The summed E-state index contributed by atoms with van der Waals surface area (Å²) in [6.07, 6.45) is 0. The Morgan fingerprint density at radius 1 is 1.10 bits per heavy atom. The lowest BCUT2D eigenvalue weighted by Crippen LogP contribution is -2.49. The number of hydrogen-bond acceptors (Lipinski definition) is 7. The Kier molecular flexibility index (Phi) is 6.35. The summed E-state index contributed by atoms with van der Waals surface area (Å²) in [5.41, 5.74) is 0.552. The minimum Gasteiger partial charge on any atom is -0.412 e. The van der Waals surface area contributed by atoms with E-state index < -0.39 is 10.0 Å². The summed E-state index contributed by atoms with van der Waals surface area (Å²) in [5.74, 6) is 0.442. The Morgan fingerprint density at radius 3 is 2.28 bits per heavy atom. The molecular formula is C19H27N5O4S. The Labute approximate surface area is 171 Å². The topological polar surface area (TPSA) is 99.8 Å². The van der Waals surface area contributed by atoms with Crippen LogP contribution in [0.1, 0.15) is 24.5 Å². The number of piperazine rings is 1. The van der Waals surface area contributed by atoms with Gasteiger partial charge in [-0.05, 0) is 30.2 Å². The standard InChI is InChI=1S/C19H27N5O4S/c1-14(2)13-23-9-11-24(12-10-23)19(25)18-21-20-17(28-18)15-5-7-16(8-6-15)29(26,27)22(3)4/h5-8,14H,9-13H2,1-4H3. The van der Waals surface area contributed by atoms with Crippen molar-refractivity contribution < 1.29 is 17.6 Å². The number of aromatic nitrogens is 2. The van der Waals surface area contributed by atoms with Gasteiger partial charge in [0.15, 0.2) is 0 Å². The van der Waals surface area contributed by atoms with Crippen LogP contribution in [0.25, 0.3) is 11.5 Å². The normalized spacial score (nSPS) is 16.0. The highest BCUT2D eigenvalue weighted by Crippen LogP contribution is 2.22. The molecule has 0 atom stereocenters. The van der Waals surface area contributed by atoms with E-state index in [0.717, 1.165) is 23.9 Å². The maximum absolute atomic E-state index is 12.7. The van der Waals surface area contributed by atoms with Crippen molar-refractivity contribution in [1.82, 2.24) is 24.3 Å². The fourth-order valence-electron chi connectivity index (χ4n) is 3.19. The fourth-order valence-corrected chi connectivity index (χ4v) is 4.09. The van der Waals surface area contributed by atoms with Gasteiger partial charge in [-0.25, -0.2) is 12.7 Å². The van der Waals surface area contributed by atoms with Crippen molar-refractivity contribution >= 4 is 15.9 Å². The summed E-state index contributed by atoms with van der Waals surface area (Å²) >= 11 is 0. The average Bonchev–Trinajstić information content (AvgIpc) is 3.18. The molecule has 1 aliphatic rings. The molecule has 1 aromatic carbocycles. The zero-order chi connectivity index (χ0) is 21.2. The van der Waals surface area contributed by atoms with E-state index in [1.165, 1.54) is 26.2 Å². The quantitative estimate of drug-likeness (QED) is 0.695. The number of carbonyl (C=O) groups is 1. The third-order valence-corrected chi connectivity index (χ3v) is 6.60. The van der Waals surface area contributed by atoms with Crippen molar-refractivity contribution in [2.45, 2.75) is 18.7 Å². The monoisotopic (exact) mass is 421 g/mol. The predicted molar refractivity (Wildman–Crippen MR) is 108 cm³/mol. The second kappa shape index (κ2) is 8.60. The molecule has 0 radical (unpaired) electrons. The third-order valence-electron chi connectivity index (χ3n) is 4.77. The van der Waals surface area contributed by atoms with Crippen molar-refractivity contribution in [1.29, 1.82) is 0 Å². The van der Waals surface area contributed by atoms with E-state index in [1.54, 1.807) is 17.0 Å². The molecule has 3 rings (SSSR count). The molecule has 1 aliphatic heterocycles. The summed E-state index contributed by atoms with van der Waals surface area (Å²) < 4.78 is 31.0. The zero-order valence-corrected chi connectivity index (χ0v) is 18.0. The molecule has 0 aliphatic carbocycles. The summed E-state index contributed by atoms with van der Waals surface area (Å²) in [7, 11) is -0.561. The van der Waals surface area contributed by atoms with Crippen LogP contribution >= 0.6 is 0 Å². The second-order valence-corrected chi connectivity index (χ2v) is 9.86. The van der Waals surface area contributed by atoms with Crippen LogP contribution in [0.4, 0.5) is 0 Å². The fraction of sp³-hybridized carbons (Fsp3) is 0.526. The van der Waals surface area contributed by atoms with Gasteiger partial charge in [-0.15, -0.1) is 10.2 Å². The lowest BCUT2D eigenvalue weighted by Gasteiger charge is -2.34. The molecule has 0 N–H and O–H groups in total. The van der Waals surface area contributed by atoms with Gasteiger partial charge in [-0.2, -0.15) is 0 Å². The molecule has 1 saturated heterocycles. The molecule has 0 saturated carbocycles. The van der Waals surface area contributed by atoms with Crippen LogP contribution in [-0.2, 0) is 10.0 Å². The lowest BCUT2D eigenvalue weighted by molar-refractivity contribution is 0.0586. The number of sulfonamides is 1. The highest BCUT2D eigenvalue weighted by molar-refractivity contribution is 7.89. The van der Waals surface area contributed by atoms with Crippen LogP contribution in [0.2, 0.25) is 0 Å². The van der Waals surface area contributed by atoms with Crippen molar-refractivity contribution in [3.8, 4) is 11.5 Å². The number of nitrogens with zero attached hydrogens (tertiary/aromatic N) is 5. The Bertz CT molecular complexity index is 945. The van der Waals surface area contributed by atoms with Gasteiger partial charge >= 0.3 is 11.8 Å². The average molecular weight is 422 g/mol. The SMILES string of the molecule is CC(C)CN1CCN(C(=O)c2nnc(-c3ccc(S(=O)(=O)N(C)C)cc3)o2)CC1. The Hall–Kier alpha value is -2.30. The van der Waals surface area contributed by atoms with E-state index >= 15 is 0 Å². The zero-order valence-electron chi connectivity index (χ0n) is 17.2. The van der Waals surface area contributed by atoms with Crippen LogP contribution in [0.15, 0.2) is 33.6 Å². The summed E-state index contributed by atoms with van der Waals surface area (Å²) in [4.78, 5) is 16.9. The van der Waals surface area contributed by atoms with Gasteiger partial charge in [0.25, 0.3) is 0 Å². The van der Waals surface area contributed by atoms with Gasteiger partial charge in [0.2, 0.25) is 15.9 Å². The first-order chi connectivity index (χ1) is 13.7. The molecular weight excluding hydrogens is 394 g/mol. The number of amides is 1. The molecule has 29 heavy (non-hydrogen) atoms. The molecule has 2 heterocycles. The van der Waals surface area contributed by atoms with Crippen molar-refractivity contribution in [3.63, 3.8) is 0 Å². The third kappa shape index (κ3) is 4.82. The van der Waals surface area contributed by atoms with Crippen LogP contribution in [0.3, 0.4) is 0 Å². The second-order valence-electron chi connectivity index (χ2n) is 7.71. The van der Waals surface area contributed by atoms with E-state index in [4.69, 9.17) is 4.42 Å². The molecule has 2 aromatic rings. The van der Waals surface area contributed by atoms with Gasteiger partial charge in [0.1, 0.15) is 0 Å². The first-order valence-corrected chi connectivity index (χ1v) is 11.0. The summed E-state index contributed by atoms with van der Waals surface area (Å²) in [6.45, 7) is 8.28. The summed E-state index contributed by atoms with van der Waals surface area (Å²) in [6, 6.07) is 6.13. The van der Waals surface area contributed by atoms with E-state index in [0.29, 0.717) is 24.6 Å². The molecule has 0 spiro atoms. The molecule has 10 heteroatoms. The van der Waals surface area contributed by atoms with Gasteiger partial charge in [0.05, 0.1) is 4.90 Å². The van der Waals surface area contributed by atoms with Gasteiger partial charge < -0.3 is 9.32 Å². The molecule has 158 valence electrons. The molecule has 1 amide bonds. The first kappa shape index (κ1) is 21.4. The Morgan fingerprint density at radius 2 is 1.72 bits per heavy atom. The predicted octanol–water partition coefficient (Wildman–Crippen LogP) is 1.40. The van der Waals surface area contributed by atoms with E-state index in [9.17, 15) is 13.2 Å². The first-order valence-electron chi connectivity index (χ1n) is 9.56. The van der Waals surface area contributed by atoms with Crippen LogP contribution < -0.4 is 0 Å². The smallest absolute Gasteiger partial charge is 0.311 e. The minimum absolute atomic E-state index is 0.0534. The van der Waals surface area contributed by atoms with Crippen LogP contribution in [-0.4, -0.2) is 85.4 Å². The molecule has 1 aromatic heterocycles. The molecule has 0 bridgehead atoms. The highest BCUT2D eigenvalue weighted by atomic mass is 32.2. The summed E-state index contributed by atoms with van der Waals surface area (Å²) in [5, 5.41) is 7.84. The maximum Gasteiger partial charge on any atom is 0.311 e. The van der Waals surface area contributed by atoms with Crippen LogP contribution in [0, 0.1) is 5.92 Å². The van der Waals surface area contributed by atoms with E-state index in [-0.39, 0.29) is 22.6 Å². The van der Waals surface area contributed by atoms with Gasteiger partial charge in [-0.1, -0.05) is 13.8 Å². The molecule has 0 unspecified atom stereocenters. The van der Waals surface area contributed by atoms with E-state index in [1.807, 2.05) is 0 Å². The van der Waals surface area contributed by atoms with Crippen molar-refractivity contribution in [2.75, 3.05) is 46.8 Å². The number of carbonyl (C=O) groups excluding carboxylic acids is 1. The van der Waals surface area contributed by atoms with Gasteiger partial charge in [0, 0.05) is 52.4 Å². The molecule has 1 fully saturated rings. The minimum atomic E-state index is -3.51. The number of rotatable bonds is 6. The Balaban J connectivity index is 1.67. The largest absolute Gasteiger partial charge is 0.412 e. The number of hydrogen-bond donors (Lipinski definition) is 0.